The number of hydrogen-bond acceptors (Lipinski definition) is 3. The molecule has 0 aliphatic carbocycles. The first kappa shape index (κ1) is 8.78. The Hall–Kier alpha value is -0.800. The third kappa shape index (κ3) is 2.57. The second-order valence-electron chi connectivity index (χ2n) is 3.31. The van der Waals surface area contributed by atoms with Gasteiger partial charge in [0.15, 0.2) is 0 Å². The highest BCUT2D eigenvalue weighted by atomic mass is 16.5. The van der Waals surface area contributed by atoms with Gasteiger partial charge in [-0.3, -0.25) is 0 Å². The Morgan fingerprint density at radius 1 is 1.54 bits per heavy atom. The molecule has 1 aromatic heterocycles. The van der Waals surface area contributed by atoms with E-state index in [1.165, 1.54) is 0 Å². The van der Waals surface area contributed by atoms with Crippen molar-refractivity contribution in [2.24, 2.45) is 0 Å². The lowest BCUT2D eigenvalue weighted by atomic mass is 10.1. The lowest BCUT2D eigenvalue weighted by Crippen LogP contribution is -2.38. The van der Waals surface area contributed by atoms with Crippen LogP contribution in [0.2, 0.25) is 0 Å². The molecule has 0 amide bonds. The molecule has 2 heterocycles. The molecule has 1 aliphatic rings. The molecule has 0 spiro atoms. The fourth-order valence-corrected chi connectivity index (χ4v) is 1.56. The number of ether oxygens (including phenoxy) is 1. The normalized spacial score (nSPS) is 23.2. The summed E-state index contributed by atoms with van der Waals surface area (Å²) >= 11 is 0. The van der Waals surface area contributed by atoms with Crippen LogP contribution in [0.25, 0.3) is 0 Å². The molecule has 2 rings (SSSR count). The topological polar surface area (TPSA) is 34.4 Å². The molecule has 72 valence electrons. The minimum atomic E-state index is 0.360. The minimum Gasteiger partial charge on any atom is -0.469 e. The summed E-state index contributed by atoms with van der Waals surface area (Å²) < 4.78 is 10.8. The van der Waals surface area contributed by atoms with Crippen LogP contribution >= 0.6 is 0 Å². The number of nitrogens with one attached hydrogen (secondary N) is 1. The van der Waals surface area contributed by atoms with Crippen molar-refractivity contribution in [1.82, 2.24) is 5.32 Å². The van der Waals surface area contributed by atoms with Crippen LogP contribution in [0.5, 0.6) is 0 Å². The summed E-state index contributed by atoms with van der Waals surface area (Å²) in [6, 6.07) is 3.94. The molecular formula is C10H15NO2. The van der Waals surface area contributed by atoms with Crippen molar-refractivity contribution >= 4 is 0 Å². The summed E-state index contributed by atoms with van der Waals surface area (Å²) in [7, 11) is 0. The maximum atomic E-state index is 5.57. The molecule has 1 unspecified atom stereocenters. The lowest BCUT2D eigenvalue weighted by Gasteiger charge is -2.23. The first-order valence-corrected chi connectivity index (χ1v) is 4.80. The highest BCUT2D eigenvalue weighted by molar-refractivity contribution is 4.98. The molecule has 1 saturated heterocycles. The number of hydrogen-bond donors (Lipinski definition) is 1. The first-order chi connectivity index (χ1) is 6.45. The van der Waals surface area contributed by atoms with Gasteiger partial charge in [-0.25, -0.2) is 0 Å². The van der Waals surface area contributed by atoms with E-state index in [1.54, 1.807) is 6.26 Å². The van der Waals surface area contributed by atoms with Crippen molar-refractivity contribution in [3.8, 4) is 0 Å². The van der Waals surface area contributed by atoms with Gasteiger partial charge in [-0.2, -0.15) is 0 Å². The number of furan rings is 1. The van der Waals surface area contributed by atoms with Gasteiger partial charge in [0.2, 0.25) is 0 Å². The fourth-order valence-electron chi connectivity index (χ4n) is 1.56. The molecule has 1 aliphatic heterocycles. The summed E-state index contributed by atoms with van der Waals surface area (Å²) in [5.41, 5.74) is 0. The zero-order valence-electron chi connectivity index (χ0n) is 7.66. The maximum Gasteiger partial charge on any atom is 0.103 e. The Bertz CT molecular complexity index is 227. The van der Waals surface area contributed by atoms with Crippen molar-refractivity contribution in [3.05, 3.63) is 24.2 Å². The average molecular weight is 181 g/mol. The summed E-state index contributed by atoms with van der Waals surface area (Å²) in [5.74, 6) is 1.05. The summed E-state index contributed by atoms with van der Waals surface area (Å²) in [4.78, 5) is 0. The molecule has 1 N–H and O–H groups in total. The second-order valence-corrected chi connectivity index (χ2v) is 3.31. The van der Waals surface area contributed by atoms with Gasteiger partial charge in [0.25, 0.3) is 0 Å². The maximum absolute atomic E-state index is 5.57. The Labute approximate surface area is 78.1 Å². The average Bonchev–Trinajstić information content (AvgIpc) is 2.69. The molecule has 0 saturated carbocycles. The third-order valence-electron chi connectivity index (χ3n) is 2.30. The summed E-state index contributed by atoms with van der Waals surface area (Å²) in [6.45, 7) is 2.79. The molecular weight excluding hydrogens is 166 g/mol. The molecule has 3 heteroatoms. The van der Waals surface area contributed by atoms with Gasteiger partial charge in [0.1, 0.15) is 5.76 Å². The van der Waals surface area contributed by atoms with Gasteiger partial charge in [0.05, 0.1) is 19.0 Å². The monoisotopic (exact) mass is 181 g/mol. The Balaban J connectivity index is 1.72. The molecule has 0 radical (unpaired) electrons. The van der Waals surface area contributed by atoms with E-state index in [0.717, 1.165) is 38.3 Å². The van der Waals surface area contributed by atoms with E-state index >= 15 is 0 Å². The largest absolute Gasteiger partial charge is 0.469 e. The zero-order valence-corrected chi connectivity index (χ0v) is 7.66. The first-order valence-electron chi connectivity index (χ1n) is 4.80. The predicted octanol–water partition coefficient (Wildman–Crippen LogP) is 1.20. The fraction of sp³-hybridized carbons (Fsp3) is 0.600. The van der Waals surface area contributed by atoms with Crippen LogP contribution in [-0.4, -0.2) is 25.8 Å². The molecule has 0 bridgehead atoms. The minimum absolute atomic E-state index is 0.360. The molecule has 0 aromatic carbocycles. The van der Waals surface area contributed by atoms with Crippen LogP contribution in [0.4, 0.5) is 0 Å². The lowest BCUT2D eigenvalue weighted by molar-refractivity contribution is 0.0231. The van der Waals surface area contributed by atoms with Crippen molar-refractivity contribution < 1.29 is 9.15 Å². The smallest absolute Gasteiger partial charge is 0.103 e. The Kier molecular flexibility index (Phi) is 3.00. The van der Waals surface area contributed by atoms with Gasteiger partial charge >= 0.3 is 0 Å². The molecule has 1 fully saturated rings. The number of aryl methyl sites for hydroxylation is 1. The third-order valence-corrected chi connectivity index (χ3v) is 2.30. The zero-order chi connectivity index (χ0) is 8.93. The van der Waals surface area contributed by atoms with Crippen LogP contribution < -0.4 is 5.32 Å². The van der Waals surface area contributed by atoms with Crippen LogP contribution in [0.3, 0.4) is 0 Å². The number of morpholine rings is 1. The van der Waals surface area contributed by atoms with E-state index in [9.17, 15) is 0 Å². The Morgan fingerprint density at radius 2 is 2.54 bits per heavy atom. The van der Waals surface area contributed by atoms with E-state index in [0.29, 0.717) is 6.10 Å². The highest BCUT2D eigenvalue weighted by Crippen LogP contribution is 2.08. The van der Waals surface area contributed by atoms with Crippen LogP contribution in [0.1, 0.15) is 12.2 Å². The van der Waals surface area contributed by atoms with Gasteiger partial charge in [-0.1, -0.05) is 0 Å². The van der Waals surface area contributed by atoms with Crippen LogP contribution in [-0.2, 0) is 11.2 Å². The molecule has 13 heavy (non-hydrogen) atoms. The van der Waals surface area contributed by atoms with Crippen molar-refractivity contribution in [1.29, 1.82) is 0 Å². The van der Waals surface area contributed by atoms with Crippen molar-refractivity contribution in [2.45, 2.75) is 18.9 Å². The summed E-state index contributed by atoms with van der Waals surface area (Å²) in [6.07, 6.45) is 4.09. The molecule has 1 atom stereocenters. The van der Waals surface area contributed by atoms with E-state index < -0.39 is 0 Å². The van der Waals surface area contributed by atoms with E-state index in [4.69, 9.17) is 9.15 Å². The van der Waals surface area contributed by atoms with Gasteiger partial charge < -0.3 is 14.5 Å². The van der Waals surface area contributed by atoms with Gasteiger partial charge in [0, 0.05) is 19.5 Å². The predicted molar refractivity (Wildman–Crippen MR) is 49.6 cm³/mol. The molecule has 3 nitrogen and oxygen atoms in total. The second kappa shape index (κ2) is 4.44. The van der Waals surface area contributed by atoms with E-state index in [2.05, 4.69) is 5.32 Å². The number of rotatable bonds is 3. The standard InChI is InChI=1S/C10H15NO2/c1-2-9(12-6-1)3-4-10-8-11-5-7-13-10/h1-2,6,10-11H,3-5,7-8H2. The van der Waals surface area contributed by atoms with Crippen molar-refractivity contribution in [2.75, 3.05) is 19.7 Å². The highest BCUT2D eigenvalue weighted by Gasteiger charge is 2.13. The van der Waals surface area contributed by atoms with Crippen LogP contribution in [0, 0.1) is 0 Å². The molecule has 1 aromatic rings. The van der Waals surface area contributed by atoms with Crippen LogP contribution in [0.15, 0.2) is 22.8 Å². The van der Waals surface area contributed by atoms with E-state index in [1.807, 2.05) is 12.1 Å². The van der Waals surface area contributed by atoms with Gasteiger partial charge in [-0.15, -0.1) is 0 Å². The quantitative estimate of drug-likeness (QED) is 0.761. The van der Waals surface area contributed by atoms with E-state index in [-0.39, 0.29) is 0 Å². The van der Waals surface area contributed by atoms with Crippen molar-refractivity contribution in [3.63, 3.8) is 0 Å². The summed E-state index contributed by atoms with van der Waals surface area (Å²) in [5, 5.41) is 3.31. The van der Waals surface area contributed by atoms with Gasteiger partial charge in [-0.05, 0) is 18.6 Å². The SMILES string of the molecule is c1coc(CCC2CNCCO2)c1. The Morgan fingerprint density at radius 3 is 3.23 bits per heavy atom.